The molecule has 0 aliphatic carbocycles. The van der Waals surface area contributed by atoms with Gasteiger partial charge >= 0.3 is 0 Å². The van der Waals surface area contributed by atoms with E-state index in [1.165, 1.54) is 122 Å². The van der Waals surface area contributed by atoms with E-state index >= 15 is 0 Å². The third-order valence-corrected chi connectivity index (χ3v) is 15.7. The van der Waals surface area contributed by atoms with Crippen LogP contribution in [-0.4, -0.2) is 140 Å². The van der Waals surface area contributed by atoms with E-state index < -0.39 is 86.8 Å². The van der Waals surface area contributed by atoms with Crippen LogP contribution in [0.3, 0.4) is 0 Å². The minimum Gasteiger partial charge on any atom is -0.394 e. The van der Waals surface area contributed by atoms with Crippen molar-refractivity contribution >= 4 is 5.91 Å². The largest absolute Gasteiger partial charge is 0.394 e. The van der Waals surface area contributed by atoms with Crippen LogP contribution in [0.1, 0.15) is 239 Å². The van der Waals surface area contributed by atoms with Crippen LogP contribution in [0.25, 0.3) is 0 Å². The van der Waals surface area contributed by atoms with Crippen molar-refractivity contribution in [3.05, 3.63) is 109 Å². The third kappa shape index (κ3) is 39.3. The van der Waals surface area contributed by atoms with E-state index in [9.17, 15) is 45.6 Å². The highest BCUT2D eigenvalue weighted by molar-refractivity contribution is 5.76. The van der Waals surface area contributed by atoms with Crippen molar-refractivity contribution in [1.29, 1.82) is 0 Å². The molecule has 14 heteroatoms. The molecule has 0 aromatic rings. The number of ether oxygens (including phenoxy) is 4. The van der Waals surface area contributed by atoms with Crippen molar-refractivity contribution in [2.24, 2.45) is 0 Å². The van der Waals surface area contributed by atoms with Crippen molar-refractivity contribution in [2.75, 3.05) is 19.8 Å². The summed E-state index contributed by atoms with van der Waals surface area (Å²) >= 11 is 0. The molecule has 488 valence electrons. The predicted molar refractivity (Wildman–Crippen MR) is 345 cm³/mol. The zero-order chi connectivity index (χ0) is 61.6. The Morgan fingerprint density at radius 1 is 0.435 bits per heavy atom. The average molecular weight is 1200 g/mol. The van der Waals surface area contributed by atoms with E-state index in [4.69, 9.17) is 18.9 Å². The maximum Gasteiger partial charge on any atom is 0.220 e. The molecule has 0 radical (unpaired) electrons. The van der Waals surface area contributed by atoms with Crippen LogP contribution in [0.5, 0.6) is 0 Å². The molecular weight excluding hydrogens is 1070 g/mol. The Morgan fingerprint density at radius 2 is 0.824 bits per heavy atom. The second-order valence-corrected chi connectivity index (χ2v) is 23.2. The number of nitrogens with one attached hydrogen (secondary N) is 1. The molecule has 12 atom stereocenters. The second-order valence-electron chi connectivity index (χ2n) is 23.2. The van der Waals surface area contributed by atoms with Gasteiger partial charge in [-0.2, -0.15) is 0 Å². The molecule has 12 unspecified atom stereocenters. The smallest absolute Gasteiger partial charge is 0.220 e. The van der Waals surface area contributed by atoms with Gasteiger partial charge in [0.15, 0.2) is 12.6 Å². The van der Waals surface area contributed by atoms with E-state index in [1.54, 1.807) is 6.08 Å². The molecule has 2 heterocycles. The summed E-state index contributed by atoms with van der Waals surface area (Å²) in [7, 11) is 0. The van der Waals surface area contributed by atoms with Crippen LogP contribution >= 0.6 is 0 Å². The molecule has 0 aromatic carbocycles. The van der Waals surface area contributed by atoms with Crippen LogP contribution in [0.2, 0.25) is 0 Å². The van der Waals surface area contributed by atoms with Gasteiger partial charge in [-0.3, -0.25) is 4.79 Å². The summed E-state index contributed by atoms with van der Waals surface area (Å²) in [5, 5.41) is 87.3. The SMILES string of the molecule is CC/C=C\C/C=C\C/C=C\C/C=C\C/C=C\C/C=C\C/C=C\CCCCCCCCCCCC(=O)NC(COC1OC(CO)C(OC2OC(CO)C(O)C(O)C2O)C(O)C1O)C(O)/C=C/CC/C=C/CCCCCCCCCCCCCCCC. The van der Waals surface area contributed by atoms with Gasteiger partial charge in [-0.25, -0.2) is 0 Å². The standard InChI is InChI=1S/C71H121NO13/c1-3-5-7-9-11-13-15-17-19-21-23-25-26-27-28-29-30-31-32-33-34-35-37-39-41-43-45-47-49-51-53-55-63(76)72-59(60(75)54-52-50-48-46-44-42-40-38-36-24-22-20-18-16-14-12-10-8-6-4-2)58-82-70-68(81)66(79)69(62(57-74)84-70)85-71-67(80)65(78)64(77)61(56-73)83-71/h5,7,11,13,17,19,23,25,27-28,30-31,33-34,44,46,52,54,59-62,64-71,73-75,77-81H,3-4,6,8-10,12,14-16,18,20-22,24,26,29,32,35-43,45,47-51,53,55-58H2,1-2H3,(H,72,76)/b7-5-,13-11-,19-17-,25-23-,28-27-,31-30-,34-33-,46-44+,54-52+. The van der Waals surface area contributed by atoms with Crippen molar-refractivity contribution in [3.8, 4) is 0 Å². The number of amides is 1. The predicted octanol–water partition coefficient (Wildman–Crippen LogP) is 13.2. The number of hydrogen-bond acceptors (Lipinski definition) is 13. The van der Waals surface area contributed by atoms with Crippen molar-refractivity contribution in [1.82, 2.24) is 5.32 Å². The van der Waals surface area contributed by atoms with Gasteiger partial charge in [-0.15, -0.1) is 0 Å². The van der Waals surface area contributed by atoms with Crippen LogP contribution in [-0.2, 0) is 23.7 Å². The number of carbonyl (C=O) groups is 1. The van der Waals surface area contributed by atoms with E-state index in [0.717, 1.165) is 83.5 Å². The number of rotatable bonds is 53. The Bertz CT molecular complexity index is 1840. The second kappa shape index (κ2) is 54.8. The number of aliphatic hydroxyl groups is 8. The molecule has 0 aromatic heterocycles. The fourth-order valence-corrected chi connectivity index (χ4v) is 10.3. The summed E-state index contributed by atoms with van der Waals surface area (Å²) in [6.07, 6.45) is 61.3. The van der Waals surface area contributed by atoms with E-state index in [-0.39, 0.29) is 18.9 Å². The molecule has 2 aliphatic heterocycles. The molecule has 0 bridgehead atoms. The Balaban J connectivity index is 1.72. The zero-order valence-corrected chi connectivity index (χ0v) is 52.8. The van der Waals surface area contributed by atoms with Crippen molar-refractivity contribution in [3.63, 3.8) is 0 Å². The lowest BCUT2D eigenvalue weighted by Crippen LogP contribution is -2.65. The average Bonchev–Trinajstić information content (AvgIpc) is 3.68. The highest BCUT2D eigenvalue weighted by atomic mass is 16.7. The first-order chi connectivity index (χ1) is 41.6. The van der Waals surface area contributed by atoms with E-state index in [2.05, 4.69) is 116 Å². The number of unbranched alkanes of at least 4 members (excludes halogenated alkanes) is 24. The van der Waals surface area contributed by atoms with Crippen LogP contribution in [0.4, 0.5) is 0 Å². The number of hydrogen-bond donors (Lipinski definition) is 9. The van der Waals surface area contributed by atoms with Gasteiger partial charge in [0.25, 0.3) is 0 Å². The molecule has 2 aliphatic rings. The molecule has 0 saturated carbocycles. The van der Waals surface area contributed by atoms with Gasteiger partial charge in [0.05, 0.1) is 32.0 Å². The number of aliphatic hydroxyl groups excluding tert-OH is 8. The molecule has 1 amide bonds. The maximum absolute atomic E-state index is 13.3. The van der Waals surface area contributed by atoms with Gasteiger partial charge < -0.3 is 65.1 Å². The first-order valence-corrected chi connectivity index (χ1v) is 33.6. The lowest BCUT2D eigenvalue weighted by Gasteiger charge is -2.46. The molecule has 9 N–H and O–H groups in total. The first-order valence-electron chi connectivity index (χ1n) is 33.6. The molecule has 85 heavy (non-hydrogen) atoms. The molecule has 0 spiro atoms. The molecule has 2 saturated heterocycles. The Morgan fingerprint density at radius 3 is 1.29 bits per heavy atom. The topological polar surface area (TPSA) is 228 Å². The van der Waals surface area contributed by atoms with Crippen LogP contribution in [0.15, 0.2) is 109 Å². The minimum absolute atomic E-state index is 0.259. The highest BCUT2D eigenvalue weighted by Gasteiger charge is 2.51. The quantitative estimate of drug-likeness (QED) is 0.0204. The van der Waals surface area contributed by atoms with Crippen molar-refractivity contribution in [2.45, 2.75) is 312 Å². The first kappa shape index (κ1) is 77.7. The summed E-state index contributed by atoms with van der Waals surface area (Å²) in [6, 6.07) is -0.943. The molecule has 14 nitrogen and oxygen atoms in total. The van der Waals surface area contributed by atoms with Crippen LogP contribution in [0, 0.1) is 0 Å². The maximum atomic E-state index is 13.3. The van der Waals surface area contributed by atoms with Gasteiger partial charge in [0.2, 0.25) is 5.91 Å². The third-order valence-electron chi connectivity index (χ3n) is 15.7. The molecule has 2 fully saturated rings. The monoisotopic (exact) mass is 1200 g/mol. The van der Waals surface area contributed by atoms with E-state index in [0.29, 0.717) is 12.8 Å². The fourth-order valence-electron chi connectivity index (χ4n) is 10.3. The highest BCUT2D eigenvalue weighted by Crippen LogP contribution is 2.30. The Kier molecular flexibility index (Phi) is 50.1. The lowest BCUT2D eigenvalue weighted by atomic mass is 9.97. The lowest BCUT2D eigenvalue weighted by molar-refractivity contribution is -0.359. The summed E-state index contributed by atoms with van der Waals surface area (Å²) < 4.78 is 22.8. The van der Waals surface area contributed by atoms with Gasteiger partial charge in [-0.05, 0) is 89.9 Å². The number of allylic oxidation sites excluding steroid dienone is 17. The van der Waals surface area contributed by atoms with E-state index in [1.807, 2.05) is 6.08 Å². The summed E-state index contributed by atoms with van der Waals surface area (Å²) in [5.41, 5.74) is 0. The molecular formula is C71H121NO13. The zero-order valence-electron chi connectivity index (χ0n) is 52.8. The number of carbonyl (C=O) groups excluding carboxylic acids is 1. The Hall–Kier alpha value is -3.35. The summed E-state index contributed by atoms with van der Waals surface area (Å²) in [4.78, 5) is 13.3. The van der Waals surface area contributed by atoms with Gasteiger partial charge in [-0.1, -0.05) is 252 Å². The van der Waals surface area contributed by atoms with Gasteiger partial charge in [0.1, 0.15) is 48.8 Å². The molecule has 2 rings (SSSR count). The van der Waals surface area contributed by atoms with Crippen LogP contribution < -0.4 is 5.32 Å². The fraction of sp³-hybridized carbons (Fsp3) is 0.732. The summed E-state index contributed by atoms with van der Waals surface area (Å²) in [5.74, 6) is -0.259. The normalized spacial score (nSPS) is 24.3. The minimum atomic E-state index is -1.80. The summed E-state index contributed by atoms with van der Waals surface area (Å²) in [6.45, 7) is 2.67. The van der Waals surface area contributed by atoms with Crippen molar-refractivity contribution < 1.29 is 64.6 Å². The Labute approximate surface area is 515 Å². The van der Waals surface area contributed by atoms with Gasteiger partial charge in [0, 0.05) is 6.42 Å².